The van der Waals surface area contributed by atoms with Crippen LogP contribution < -0.4 is 14.3 Å². The van der Waals surface area contributed by atoms with E-state index in [0.29, 0.717) is 36.1 Å². The van der Waals surface area contributed by atoms with Crippen molar-refractivity contribution in [2.45, 2.75) is 13.5 Å². The molecule has 1 aliphatic heterocycles. The van der Waals surface area contributed by atoms with Gasteiger partial charge in [0.1, 0.15) is 36.5 Å². The predicted molar refractivity (Wildman–Crippen MR) is 89.2 cm³/mol. The lowest BCUT2D eigenvalue weighted by Gasteiger charge is -2.12. The summed E-state index contributed by atoms with van der Waals surface area (Å²) < 4.78 is 24.0. The molecule has 2 heterocycles. The fourth-order valence-corrected chi connectivity index (χ4v) is 3.56. The minimum atomic E-state index is -0.464. The van der Waals surface area contributed by atoms with Gasteiger partial charge in [-0.3, -0.25) is 4.79 Å². The van der Waals surface area contributed by atoms with Gasteiger partial charge < -0.3 is 23.5 Å². The Bertz CT molecular complexity index is 865. The number of fused-ring (bicyclic) bond motifs is 1. The van der Waals surface area contributed by atoms with E-state index in [1.54, 1.807) is 14.2 Å². The molecule has 1 amide bonds. The molecule has 0 saturated carbocycles. The molecular formula is C16H18N2O5S. The molecule has 0 N–H and O–H groups in total. The lowest BCUT2D eigenvalue weighted by Crippen LogP contribution is -2.19. The van der Waals surface area contributed by atoms with Crippen molar-refractivity contribution >= 4 is 27.5 Å². The van der Waals surface area contributed by atoms with Crippen molar-refractivity contribution in [2.75, 3.05) is 27.4 Å². The summed E-state index contributed by atoms with van der Waals surface area (Å²) in [7, 11) is 3.20. The molecule has 0 spiro atoms. The first-order chi connectivity index (χ1) is 11.7. The highest BCUT2D eigenvalue weighted by Gasteiger charge is 2.17. The highest BCUT2D eigenvalue weighted by atomic mass is 32.1. The number of hydrogen-bond donors (Lipinski definition) is 0. The zero-order valence-electron chi connectivity index (χ0n) is 13.7. The van der Waals surface area contributed by atoms with Crippen LogP contribution in [0.1, 0.15) is 6.92 Å². The molecule has 24 heavy (non-hydrogen) atoms. The van der Waals surface area contributed by atoms with Crippen LogP contribution in [-0.4, -0.2) is 37.9 Å². The minimum Gasteiger partial charge on any atom is -0.497 e. The maximum absolute atomic E-state index is 12.3. The molecular weight excluding hydrogens is 332 g/mol. The Kier molecular flexibility index (Phi) is 4.75. The number of aryl methyl sites for hydroxylation is 1. The number of thiazole rings is 1. The van der Waals surface area contributed by atoms with Gasteiger partial charge in [-0.2, -0.15) is 4.99 Å². The lowest BCUT2D eigenvalue weighted by atomic mass is 10.3. The Balaban J connectivity index is 2.15. The molecule has 0 bridgehead atoms. The second kappa shape index (κ2) is 6.96. The molecule has 0 atom stereocenters. The van der Waals surface area contributed by atoms with Gasteiger partial charge in [0.05, 0.1) is 18.9 Å². The van der Waals surface area contributed by atoms with Gasteiger partial charge in [-0.15, -0.1) is 0 Å². The van der Waals surface area contributed by atoms with E-state index in [1.165, 1.54) is 17.6 Å². The van der Waals surface area contributed by atoms with Gasteiger partial charge in [-0.1, -0.05) is 11.3 Å². The first kappa shape index (κ1) is 16.4. The van der Waals surface area contributed by atoms with E-state index in [9.17, 15) is 4.79 Å². The topological polar surface area (TPSA) is 71.3 Å². The van der Waals surface area contributed by atoms with Crippen molar-refractivity contribution in [3.63, 3.8) is 0 Å². The average Bonchev–Trinajstić information content (AvgIpc) is 2.98. The number of carbonyl (C=O) groups is 1. The molecule has 0 radical (unpaired) electrons. The van der Waals surface area contributed by atoms with Gasteiger partial charge in [-0.25, -0.2) is 0 Å². The van der Waals surface area contributed by atoms with Crippen LogP contribution in [0.3, 0.4) is 0 Å². The van der Waals surface area contributed by atoms with E-state index in [2.05, 4.69) is 4.99 Å². The van der Waals surface area contributed by atoms with Crippen LogP contribution in [0, 0.1) is 0 Å². The van der Waals surface area contributed by atoms with Crippen LogP contribution in [-0.2, 0) is 20.8 Å². The van der Waals surface area contributed by atoms with Crippen LogP contribution in [0.15, 0.2) is 29.1 Å². The number of amides is 1. The van der Waals surface area contributed by atoms with Crippen LogP contribution in [0.4, 0.5) is 0 Å². The van der Waals surface area contributed by atoms with E-state index in [1.807, 2.05) is 23.6 Å². The number of ether oxygens (including phenoxy) is 4. The Hall–Kier alpha value is -2.48. The summed E-state index contributed by atoms with van der Waals surface area (Å²) in [5.41, 5.74) is 0.882. The van der Waals surface area contributed by atoms with Crippen LogP contribution in [0.2, 0.25) is 0 Å². The molecule has 1 aliphatic rings. The van der Waals surface area contributed by atoms with Crippen molar-refractivity contribution < 1.29 is 23.7 Å². The predicted octanol–water partition coefficient (Wildman–Crippen LogP) is 2.06. The molecule has 0 saturated heterocycles. The van der Waals surface area contributed by atoms with E-state index < -0.39 is 5.91 Å². The molecule has 1 aromatic carbocycles. The Labute approximate surface area is 142 Å². The molecule has 2 aromatic rings. The number of carbonyl (C=O) groups excluding carboxylic acids is 1. The Morgan fingerprint density at radius 2 is 2.17 bits per heavy atom. The SMILES string of the molecule is CCn1c(=NC(=O)C2=COCCO2)sc2cc(OC)cc(OC)c21. The number of hydrogen-bond acceptors (Lipinski definition) is 6. The minimum absolute atomic E-state index is 0.117. The second-order valence-electron chi connectivity index (χ2n) is 4.92. The van der Waals surface area contributed by atoms with Crippen molar-refractivity contribution in [1.29, 1.82) is 0 Å². The Morgan fingerprint density at radius 3 is 2.79 bits per heavy atom. The van der Waals surface area contributed by atoms with Gasteiger partial charge in [0.15, 0.2) is 4.80 Å². The zero-order chi connectivity index (χ0) is 17.1. The van der Waals surface area contributed by atoms with Gasteiger partial charge in [-0.05, 0) is 13.0 Å². The Morgan fingerprint density at radius 1 is 1.33 bits per heavy atom. The third-order valence-electron chi connectivity index (χ3n) is 3.54. The number of benzene rings is 1. The smallest absolute Gasteiger partial charge is 0.317 e. The van der Waals surface area contributed by atoms with Crippen molar-refractivity contribution in [1.82, 2.24) is 4.57 Å². The van der Waals surface area contributed by atoms with Crippen molar-refractivity contribution in [3.8, 4) is 11.5 Å². The summed E-state index contributed by atoms with van der Waals surface area (Å²) in [5, 5.41) is 0. The number of nitrogens with zero attached hydrogens (tertiary/aromatic N) is 2. The number of rotatable bonds is 4. The van der Waals surface area contributed by atoms with E-state index in [-0.39, 0.29) is 5.76 Å². The van der Waals surface area contributed by atoms with Crippen LogP contribution in [0.25, 0.3) is 10.2 Å². The lowest BCUT2D eigenvalue weighted by molar-refractivity contribution is -0.119. The monoisotopic (exact) mass is 350 g/mol. The molecule has 8 heteroatoms. The molecule has 0 aliphatic carbocycles. The normalized spacial score (nSPS) is 14.8. The summed E-state index contributed by atoms with van der Waals surface area (Å²) in [6, 6.07) is 3.71. The number of methoxy groups -OCH3 is 2. The third-order valence-corrected chi connectivity index (χ3v) is 4.57. The molecule has 0 fully saturated rings. The zero-order valence-corrected chi connectivity index (χ0v) is 14.5. The average molecular weight is 350 g/mol. The summed E-state index contributed by atoms with van der Waals surface area (Å²) in [4.78, 5) is 17.1. The van der Waals surface area contributed by atoms with Gasteiger partial charge in [0, 0.05) is 12.6 Å². The number of aromatic nitrogens is 1. The highest BCUT2D eigenvalue weighted by molar-refractivity contribution is 7.16. The van der Waals surface area contributed by atoms with Crippen molar-refractivity contribution in [2.24, 2.45) is 4.99 Å². The highest BCUT2D eigenvalue weighted by Crippen LogP contribution is 2.32. The maximum Gasteiger partial charge on any atom is 0.317 e. The summed E-state index contributed by atoms with van der Waals surface area (Å²) in [6.07, 6.45) is 1.31. The summed E-state index contributed by atoms with van der Waals surface area (Å²) in [6.45, 7) is 3.41. The first-order valence-corrected chi connectivity index (χ1v) is 8.28. The largest absolute Gasteiger partial charge is 0.497 e. The molecule has 128 valence electrons. The second-order valence-corrected chi connectivity index (χ2v) is 5.93. The van der Waals surface area contributed by atoms with Gasteiger partial charge in [0.25, 0.3) is 0 Å². The molecule has 1 aromatic heterocycles. The van der Waals surface area contributed by atoms with Crippen LogP contribution in [0.5, 0.6) is 11.5 Å². The fraction of sp³-hybridized carbons (Fsp3) is 0.375. The molecule has 0 unspecified atom stereocenters. The van der Waals surface area contributed by atoms with Gasteiger partial charge >= 0.3 is 5.91 Å². The molecule has 7 nitrogen and oxygen atoms in total. The van der Waals surface area contributed by atoms with Crippen LogP contribution >= 0.6 is 11.3 Å². The van der Waals surface area contributed by atoms with Gasteiger partial charge in [0.2, 0.25) is 5.76 Å². The van der Waals surface area contributed by atoms with E-state index in [0.717, 1.165) is 10.2 Å². The van der Waals surface area contributed by atoms with Crippen molar-refractivity contribution in [3.05, 3.63) is 29.0 Å². The summed E-state index contributed by atoms with van der Waals surface area (Å²) in [5.74, 6) is 1.02. The maximum atomic E-state index is 12.3. The quantitative estimate of drug-likeness (QED) is 0.844. The first-order valence-electron chi connectivity index (χ1n) is 7.47. The third kappa shape index (κ3) is 2.96. The molecule has 3 rings (SSSR count). The fourth-order valence-electron chi connectivity index (χ4n) is 2.42. The van der Waals surface area contributed by atoms with E-state index >= 15 is 0 Å². The summed E-state index contributed by atoms with van der Waals surface area (Å²) >= 11 is 1.39. The van der Waals surface area contributed by atoms with E-state index in [4.69, 9.17) is 18.9 Å². The standard InChI is InChI=1S/C16H18N2O5S/c1-4-18-14-11(21-3)7-10(20-2)8-13(14)24-16(18)17-15(19)12-9-22-5-6-23-12/h7-9H,4-6H2,1-3H3.